The van der Waals surface area contributed by atoms with Gasteiger partial charge in [-0.3, -0.25) is 0 Å². The molecule has 1 saturated heterocycles. The fourth-order valence-corrected chi connectivity index (χ4v) is 2.69. The van der Waals surface area contributed by atoms with E-state index in [0.717, 1.165) is 12.5 Å². The quantitative estimate of drug-likeness (QED) is 0.718. The Morgan fingerprint density at radius 3 is 2.88 bits per heavy atom. The highest BCUT2D eigenvalue weighted by molar-refractivity contribution is 4.73. The molecular weight excluding hydrogens is 196 g/mol. The Hall–Kier alpha value is -0.0800. The van der Waals surface area contributed by atoms with Crippen LogP contribution in [0.1, 0.15) is 52.9 Å². The molecule has 0 spiro atoms. The summed E-state index contributed by atoms with van der Waals surface area (Å²) in [6.07, 6.45) is 6.80. The normalized spacial score (nSPS) is 24.6. The summed E-state index contributed by atoms with van der Waals surface area (Å²) in [5, 5.41) is 3.62. The fourth-order valence-electron chi connectivity index (χ4n) is 2.69. The number of hydrogen-bond acceptors (Lipinski definition) is 2. The summed E-state index contributed by atoms with van der Waals surface area (Å²) in [5.74, 6) is 0.960. The maximum atomic E-state index is 3.62. The van der Waals surface area contributed by atoms with E-state index < -0.39 is 0 Å². The Kier molecular flexibility index (Phi) is 7.06. The summed E-state index contributed by atoms with van der Waals surface area (Å²) in [6, 6.07) is 0.691. The van der Waals surface area contributed by atoms with Gasteiger partial charge in [-0.15, -0.1) is 0 Å². The molecule has 0 amide bonds. The summed E-state index contributed by atoms with van der Waals surface area (Å²) >= 11 is 0. The molecule has 96 valence electrons. The topological polar surface area (TPSA) is 15.3 Å². The second-order valence-corrected chi connectivity index (χ2v) is 5.36. The largest absolute Gasteiger partial charge is 0.313 e. The molecule has 1 rings (SSSR count). The number of rotatable bonds is 7. The third-order valence-electron chi connectivity index (χ3n) is 3.82. The van der Waals surface area contributed by atoms with Crippen LogP contribution in [0.2, 0.25) is 0 Å². The van der Waals surface area contributed by atoms with Gasteiger partial charge in [-0.2, -0.15) is 0 Å². The van der Waals surface area contributed by atoms with Crippen molar-refractivity contribution in [2.24, 2.45) is 5.92 Å². The van der Waals surface area contributed by atoms with Gasteiger partial charge in [0.15, 0.2) is 0 Å². The van der Waals surface area contributed by atoms with Crippen LogP contribution in [0.5, 0.6) is 0 Å². The van der Waals surface area contributed by atoms with E-state index in [9.17, 15) is 0 Å². The zero-order chi connectivity index (χ0) is 11.8. The lowest BCUT2D eigenvalue weighted by Crippen LogP contribution is -2.41. The first-order valence-corrected chi connectivity index (χ1v) is 7.22. The second-order valence-electron chi connectivity index (χ2n) is 5.36. The summed E-state index contributed by atoms with van der Waals surface area (Å²) in [4.78, 5) is 2.64. The van der Waals surface area contributed by atoms with E-state index in [4.69, 9.17) is 0 Å². The Morgan fingerprint density at radius 2 is 2.19 bits per heavy atom. The van der Waals surface area contributed by atoms with Crippen molar-refractivity contribution < 1.29 is 0 Å². The van der Waals surface area contributed by atoms with Gasteiger partial charge in [-0.1, -0.05) is 26.7 Å². The molecule has 16 heavy (non-hydrogen) atoms. The van der Waals surface area contributed by atoms with Gasteiger partial charge in [0.05, 0.1) is 0 Å². The molecule has 0 aromatic heterocycles. The third-order valence-corrected chi connectivity index (χ3v) is 3.82. The molecule has 1 heterocycles. The highest BCUT2D eigenvalue weighted by Crippen LogP contribution is 2.18. The molecule has 0 aromatic carbocycles. The standard InChI is InChI=1S/C14H30N2/c1-4-7-13(3)15-9-11-16-10-6-8-14(5-2)12-16/h13-15H,4-12H2,1-3H3. The Balaban J connectivity index is 2.08. The monoisotopic (exact) mass is 226 g/mol. The summed E-state index contributed by atoms with van der Waals surface area (Å²) in [5.41, 5.74) is 0. The van der Waals surface area contributed by atoms with Crippen molar-refractivity contribution in [3.63, 3.8) is 0 Å². The maximum absolute atomic E-state index is 3.62. The van der Waals surface area contributed by atoms with Gasteiger partial charge >= 0.3 is 0 Å². The first kappa shape index (κ1) is 14.0. The molecule has 1 aliphatic rings. The van der Waals surface area contributed by atoms with Gasteiger partial charge in [-0.05, 0) is 38.6 Å². The maximum Gasteiger partial charge on any atom is 0.0107 e. The lowest BCUT2D eigenvalue weighted by Gasteiger charge is -2.32. The molecule has 0 aromatic rings. The average molecular weight is 226 g/mol. The van der Waals surface area contributed by atoms with E-state index >= 15 is 0 Å². The minimum atomic E-state index is 0.691. The predicted molar refractivity (Wildman–Crippen MR) is 71.8 cm³/mol. The van der Waals surface area contributed by atoms with E-state index in [2.05, 4.69) is 31.0 Å². The smallest absolute Gasteiger partial charge is 0.0107 e. The molecule has 1 N–H and O–H groups in total. The predicted octanol–water partition coefficient (Wildman–Crippen LogP) is 2.89. The number of hydrogen-bond donors (Lipinski definition) is 1. The second kappa shape index (κ2) is 8.08. The molecule has 2 nitrogen and oxygen atoms in total. The molecule has 1 fully saturated rings. The highest BCUT2D eigenvalue weighted by Gasteiger charge is 2.17. The van der Waals surface area contributed by atoms with E-state index in [-0.39, 0.29) is 0 Å². The fraction of sp³-hybridized carbons (Fsp3) is 1.00. The molecular formula is C14H30N2. The first-order valence-electron chi connectivity index (χ1n) is 7.22. The van der Waals surface area contributed by atoms with Crippen LogP contribution in [0.4, 0.5) is 0 Å². The third kappa shape index (κ3) is 5.31. The van der Waals surface area contributed by atoms with E-state index in [0.29, 0.717) is 6.04 Å². The summed E-state index contributed by atoms with van der Waals surface area (Å²) in [6.45, 7) is 11.9. The van der Waals surface area contributed by atoms with Crippen LogP contribution in [0, 0.1) is 5.92 Å². The molecule has 0 radical (unpaired) electrons. The van der Waals surface area contributed by atoms with Crippen molar-refractivity contribution >= 4 is 0 Å². The van der Waals surface area contributed by atoms with Crippen LogP contribution in [-0.2, 0) is 0 Å². The molecule has 2 heteroatoms. The number of nitrogens with one attached hydrogen (secondary N) is 1. The minimum absolute atomic E-state index is 0.691. The summed E-state index contributed by atoms with van der Waals surface area (Å²) in [7, 11) is 0. The molecule has 1 aliphatic heterocycles. The van der Waals surface area contributed by atoms with Crippen molar-refractivity contribution in [1.82, 2.24) is 10.2 Å². The minimum Gasteiger partial charge on any atom is -0.313 e. The van der Waals surface area contributed by atoms with Crippen molar-refractivity contribution in [3.05, 3.63) is 0 Å². The van der Waals surface area contributed by atoms with Gasteiger partial charge in [-0.25, -0.2) is 0 Å². The van der Waals surface area contributed by atoms with Gasteiger partial charge in [0.1, 0.15) is 0 Å². The van der Waals surface area contributed by atoms with Crippen molar-refractivity contribution in [2.75, 3.05) is 26.2 Å². The molecule has 0 bridgehead atoms. The Labute approximate surface area is 102 Å². The van der Waals surface area contributed by atoms with Gasteiger partial charge in [0.2, 0.25) is 0 Å². The van der Waals surface area contributed by atoms with Crippen LogP contribution in [0.25, 0.3) is 0 Å². The Morgan fingerprint density at radius 1 is 1.38 bits per heavy atom. The highest BCUT2D eigenvalue weighted by atomic mass is 15.1. The van der Waals surface area contributed by atoms with Crippen LogP contribution >= 0.6 is 0 Å². The SMILES string of the molecule is CCCC(C)NCCN1CCCC(CC)C1. The van der Waals surface area contributed by atoms with Crippen molar-refractivity contribution in [1.29, 1.82) is 0 Å². The zero-order valence-electron chi connectivity index (χ0n) is 11.5. The van der Waals surface area contributed by atoms with Crippen molar-refractivity contribution in [2.45, 2.75) is 58.9 Å². The molecule has 0 aliphatic carbocycles. The van der Waals surface area contributed by atoms with Gasteiger partial charge in [0.25, 0.3) is 0 Å². The average Bonchev–Trinajstić information content (AvgIpc) is 2.30. The van der Waals surface area contributed by atoms with Crippen molar-refractivity contribution in [3.8, 4) is 0 Å². The van der Waals surface area contributed by atoms with E-state index in [1.165, 1.54) is 51.7 Å². The van der Waals surface area contributed by atoms with Crippen LogP contribution in [0.15, 0.2) is 0 Å². The molecule has 2 atom stereocenters. The van der Waals surface area contributed by atoms with Crippen LogP contribution in [0.3, 0.4) is 0 Å². The van der Waals surface area contributed by atoms with Crippen LogP contribution < -0.4 is 5.32 Å². The van der Waals surface area contributed by atoms with Crippen LogP contribution in [-0.4, -0.2) is 37.1 Å². The number of piperidine rings is 1. The number of likely N-dealkylation sites (tertiary alicyclic amines) is 1. The first-order chi connectivity index (χ1) is 7.76. The summed E-state index contributed by atoms with van der Waals surface area (Å²) < 4.78 is 0. The lowest BCUT2D eigenvalue weighted by atomic mass is 9.96. The van der Waals surface area contributed by atoms with Gasteiger partial charge < -0.3 is 10.2 Å². The molecule has 2 unspecified atom stereocenters. The number of nitrogens with zero attached hydrogens (tertiary/aromatic N) is 1. The Bertz CT molecular complexity index is 170. The zero-order valence-corrected chi connectivity index (χ0v) is 11.5. The van der Waals surface area contributed by atoms with E-state index in [1.54, 1.807) is 0 Å². The van der Waals surface area contributed by atoms with Gasteiger partial charge in [0, 0.05) is 25.7 Å². The molecule has 0 saturated carbocycles. The van der Waals surface area contributed by atoms with E-state index in [1.807, 2.05) is 0 Å². The lowest BCUT2D eigenvalue weighted by molar-refractivity contribution is 0.171.